The van der Waals surface area contributed by atoms with Crippen molar-refractivity contribution in [2.75, 3.05) is 38.1 Å². The van der Waals surface area contributed by atoms with Gasteiger partial charge in [0.05, 0.1) is 19.2 Å². The molecule has 4 aromatic rings. The van der Waals surface area contributed by atoms with Crippen LogP contribution in [0.1, 0.15) is 26.5 Å². The topological polar surface area (TPSA) is 117 Å². The minimum Gasteiger partial charge on any atom is -0.493 e. The minimum atomic E-state index is -0.672. The zero-order valence-corrected chi connectivity index (χ0v) is 21.8. The number of methoxy groups -OCH3 is 2. The van der Waals surface area contributed by atoms with Gasteiger partial charge in [-0.3, -0.25) is 10.3 Å². The number of ether oxygens (including phenoxy) is 4. The van der Waals surface area contributed by atoms with E-state index in [1.807, 2.05) is 20.8 Å². The Kier molecular flexibility index (Phi) is 7.96. The molecular weight excluding hydrogens is 495 g/mol. The molecule has 0 saturated heterocycles. The largest absolute Gasteiger partial charge is 0.493 e. The van der Waals surface area contributed by atoms with Crippen molar-refractivity contribution in [3.8, 4) is 23.0 Å². The zero-order valence-electron chi connectivity index (χ0n) is 21.8. The third-order valence-corrected chi connectivity index (χ3v) is 5.43. The van der Waals surface area contributed by atoms with Crippen molar-refractivity contribution in [3.05, 3.63) is 60.2 Å². The Morgan fingerprint density at radius 1 is 0.974 bits per heavy atom. The first-order valence-electron chi connectivity index (χ1n) is 11.8. The summed E-state index contributed by atoms with van der Waals surface area (Å²) in [5.74, 6) is 1.51. The molecule has 10 nitrogen and oxygen atoms in total. The van der Waals surface area contributed by atoms with Crippen molar-refractivity contribution in [1.29, 1.82) is 0 Å². The first-order valence-corrected chi connectivity index (χ1v) is 11.8. The van der Waals surface area contributed by atoms with Crippen LogP contribution in [0.15, 0.2) is 53.2 Å². The van der Waals surface area contributed by atoms with E-state index in [1.165, 1.54) is 19.2 Å². The van der Waals surface area contributed by atoms with E-state index in [0.717, 1.165) is 6.07 Å². The number of nitrogens with one attached hydrogen (secondary N) is 2. The van der Waals surface area contributed by atoms with Crippen LogP contribution in [0.5, 0.6) is 23.0 Å². The molecule has 0 atom stereocenters. The molecule has 200 valence electrons. The monoisotopic (exact) mass is 524 g/mol. The Morgan fingerprint density at radius 2 is 1.79 bits per heavy atom. The fourth-order valence-electron chi connectivity index (χ4n) is 3.47. The number of nitrogens with zero attached hydrogens (tertiary/aromatic N) is 2. The maximum Gasteiger partial charge on any atom is 0.324 e. The Bertz CT molecular complexity index is 1430. The molecule has 2 aromatic heterocycles. The van der Waals surface area contributed by atoms with Gasteiger partial charge in [-0.05, 0) is 24.3 Å². The van der Waals surface area contributed by atoms with Crippen molar-refractivity contribution < 1.29 is 32.7 Å². The summed E-state index contributed by atoms with van der Waals surface area (Å²) in [7, 11) is 3.11. The quantitative estimate of drug-likeness (QED) is 0.251. The van der Waals surface area contributed by atoms with Crippen molar-refractivity contribution in [3.63, 3.8) is 0 Å². The lowest BCUT2D eigenvalue weighted by molar-refractivity contribution is 0.144. The smallest absolute Gasteiger partial charge is 0.324 e. The predicted octanol–water partition coefficient (Wildman–Crippen LogP) is 6.13. The Labute approximate surface area is 219 Å². The van der Waals surface area contributed by atoms with E-state index in [9.17, 15) is 9.18 Å². The van der Waals surface area contributed by atoms with E-state index < -0.39 is 11.8 Å². The van der Waals surface area contributed by atoms with Gasteiger partial charge in [0, 0.05) is 48.0 Å². The lowest BCUT2D eigenvalue weighted by Crippen LogP contribution is -2.19. The van der Waals surface area contributed by atoms with Gasteiger partial charge in [-0.2, -0.15) is 0 Å². The second kappa shape index (κ2) is 11.3. The molecule has 0 aliphatic carbocycles. The third kappa shape index (κ3) is 6.30. The van der Waals surface area contributed by atoms with Gasteiger partial charge < -0.3 is 28.8 Å². The highest BCUT2D eigenvalue weighted by Crippen LogP contribution is 2.38. The molecule has 0 aliphatic heterocycles. The van der Waals surface area contributed by atoms with Crippen LogP contribution in [0.3, 0.4) is 0 Å². The number of pyridine rings is 1. The van der Waals surface area contributed by atoms with Crippen molar-refractivity contribution in [2.45, 2.75) is 26.2 Å². The molecule has 2 aromatic carbocycles. The van der Waals surface area contributed by atoms with Crippen LogP contribution in [-0.4, -0.2) is 43.6 Å². The highest BCUT2D eigenvalue weighted by molar-refractivity contribution is 5.99. The summed E-state index contributed by atoms with van der Waals surface area (Å²) in [5.41, 5.74) is 0.550. The van der Waals surface area contributed by atoms with Crippen LogP contribution in [-0.2, 0) is 10.2 Å². The van der Waals surface area contributed by atoms with E-state index in [-0.39, 0.29) is 22.7 Å². The average molecular weight is 525 g/mol. The molecule has 4 rings (SSSR count). The molecule has 0 radical (unpaired) electrons. The SMILES string of the molecule is COCCOc1cc2c(Oc3ccc(NC(=O)Nc4cc(C(C)(C)C)on4)cc3F)ccnc2cc1OC. The van der Waals surface area contributed by atoms with Crippen LogP contribution < -0.4 is 24.8 Å². The second-order valence-electron chi connectivity index (χ2n) is 9.32. The lowest BCUT2D eigenvalue weighted by Gasteiger charge is -2.14. The van der Waals surface area contributed by atoms with Crippen molar-refractivity contribution in [1.82, 2.24) is 10.1 Å². The molecule has 0 aliphatic rings. The highest BCUT2D eigenvalue weighted by Gasteiger charge is 2.20. The van der Waals surface area contributed by atoms with Crippen LogP contribution in [0.4, 0.5) is 20.7 Å². The van der Waals surface area contributed by atoms with Crippen molar-refractivity contribution in [2.24, 2.45) is 0 Å². The first kappa shape index (κ1) is 26.7. The number of urea groups is 1. The third-order valence-electron chi connectivity index (χ3n) is 5.43. The fourth-order valence-corrected chi connectivity index (χ4v) is 3.47. The standard InChI is InChI=1S/C27H29FN4O6/c1-27(2,3)24-15-25(32-38-24)31-26(33)30-16-6-7-21(18(28)12-16)37-20-8-9-29-19-14-22(35-5)23(13-17(19)20)36-11-10-34-4/h6-9,12-15H,10-11H2,1-5H3,(H2,30,31,32,33). The van der Waals surface area contributed by atoms with Crippen LogP contribution in [0.2, 0.25) is 0 Å². The number of hydrogen-bond acceptors (Lipinski definition) is 8. The number of amides is 2. The number of benzene rings is 2. The fraction of sp³-hybridized carbons (Fsp3) is 0.296. The molecule has 2 N–H and O–H groups in total. The van der Waals surface area contributed by atoms with E-state index in [0.29, 0.717) is 47.1 Å². The summed E-state index contributed by atoms with van der Waals surface area (Å²) < 4.78 is 42.3. The predicted molar refractivity (Wildman–Crippen MR) is 140 cm³/mol. The van der Waals surface area contributed by atoms with E-state index in [1.54, 1.807) is 37.6 Å². The Balaban J connectivity index is 1.49. The molecule has 0 saturated carbocycles. The molecule has 38 heavy (non-hydrogen) atoms. The second-order valence-corrected chi connectivity index (χ2v) is 9.32. The van der Waals surface area contributed by atoms with Crippen LogP contribution in [0.25, 0.3) is 10.9 Å². The molecule has 2 amide bonds. The highest BCUT2D eigenvalue weighted by atomic mass is 19.1. The van der Waals surface area contributed by atoms with Gasteiger partial charge in [-0.15, -0.1) is 0 Å². The van der Waals surface area contributed by atoms with Gasteiger partial charge in [-0.25, -0.2) is 9.18 Å². The minimum absolute atomic E-state index is 0.0348. The maximum atomic E-state index is 15.0. The lowest BCUT2D eigenvalue weighted by atomic mass is 9.93. The zero-order chi connectivity index (χ0) is 27.3. The molecule has 0 spiro atoms. The summed E-state index contributed by atoms with van der Waals surface area (Å²) >= 11 is 0. The summed E-state index contributed by atoms with van der Waals surface area (Å²) in [6.07, 6.45) is 1.55. The number of anilines is 2. The Hall–Kier alpha value is -4.38. The van der Waals surface area contributed by atoms with E-state index in [4.69, 9.17) is 23.5 Å². The number of halogens is 1. The molecular formula is C27H29FN4O6. The van der Waals surface area contributed by atoms with Gasteiger partial charge in [0.15, 0.2) is 28.9 Å². The summed E-state index contributed by atoms with van der Waals surface area (Å²) in [6, 6.07) is 10.2. The number of carbonyl (C=O) groups excluding carboxylic acids is 1. The summed E-state index contributed by atoms with van der Waals surface area (Å²) in [5, 5.41) is 9.57. The number of rotatable bonds is 9. The Morgan fingerprint density at radius 3 is 2.47 bits per heavy atom. The van der Waals surface area contributed by atoms with Gasteiger partial charge in [-0.1, -0.05) is 25.9 Å². The van der Waals surface area contributed by atoms with E-state index >= 15 is 0 Å². The van der Waals surface area contributed by atoms with Crippen LogP contribution >= 0.6 is 0 Å². The van der Waals surface area contributed by atoms with Gasteiger partial charge in [0.1, 0.15) is 18.1 Å². The molecule has 0 fully saturated rings. The number of carbonyl (C=O) groups is 1. The summed E-state index contributed by atoms with van der Waals surface area (Å²) in [4.78, 5) is 16.7. The molecule has 11 heteroatoms. The molecule has 0 unspecified atom stereocenters. The normalized spacial score (nSPS) is 11.3. The number of fused-ring (bicyclic) bond motifs is 1. The first-order chi connectivity index (χ1) is 18.2. The van der Waals surface area contributed by atoms with Gasteiger partial charge in [0.25, 0.3) is 0 Å². The molecule has 0 bridgehead atoms. The number of hydrogen-bond donors (Lipinski definition) is 2. The summed E-state index contributed by atoms with van der Waals surface area (Å²) in [6.45, 7) is 6.61. The van der Waals surface area contributed by atoms with E-state index in [2.05, 4.69) is 20.8 Å². The average Bonchev–Trinajstić information content (AvgIpc) is 3.34. The van der Waals surface area contributed by atoms with Gasteiger partial charge >= 0.3 is 6.03 Å². The van der Waals surface area contributed by atoms with Gasteiger partial charge in [0.2, 0.25) is 0 Å². The maximum absolute atomic E-state index is 15.0. The van der Waals surface area contributed by atoms with Crippen LogP contribution in [0, 0.1) is 5.82 Å². The number of aromatic nitrogens is 2. The van der Waals surface area contributed by atoms with Crippen molar-refractivity contribution >= 4 is 28.4 Å². The molecule has 2 heterocycles.